The van der Waals surface area contributed by atoms with Gasteiger partial charge in [-0.05, 0) is 19.2 Å². The summed E-state index contributed by atoms with van der Waals surface area (Å²) in [5, 5.41) is 2.98. The van der Waals surface area contributed by atoms with Gasteiger partial charge in [-0.15, -0.1) is 0 Å². The molecule has 0 atom stereocenters. The number of pyridine rings is 1. The average Bonchev–Trinajstić information content (AvgIpc) is 3.02. The summed E-state index contributed by atoms with van der Waals surface area (Å²) >= 11 is 0. The molecule has 0 saturated carbocycles. The molecule has 3 aromatic rings. The second kappa shape index (κ2) is 6.31. The maximum atomic E-state index is 12.9. The summed E-state index contributed by atoms with van der Waals surface area (Å²) in [4.78, 5) is 8.49. The number of hydrogen-bond donors (Lipinski definition) is 1. The Balaban J connectivity index is 2.19. The third-order valence-corrected chi connectivity index (χ3v) is 4.94. The average molecular weight is 328 g/mol. The van der Waals surface area contributed by atoms with Gasteiger partial charge in [0.15, 0.2) is 5.82 Å². The zero-order valence-electron chi connectivity index (χ0n) is 12.5. The predicted octanol–water partition coefficient (Wildman–Crippen LogP) is 1.90. The van der Waals surface area contributed by atoms with E-state index in [1.807, 2.05) is 30.3 Å². The molecule has 1 aromatic carbocycles. The van der Waals surface area contributed by atoms with Crippen LogP contribution in [0, 0.1) is 0 Å². The van der Waals surface area contributed by atoms with E-state index in [2.05, 4.69) is 15.3 Å². The lowest BCUT2D eigenvalue weighted by molar-refractivity contribution is 0.587. The summed E-state index contributed by atoms with van der Waals surface area (Å²) in [5.74, 6) is 0.389. The van der Waals surface area contributed by atoms with Crippen LogP contribution in [0.4, 0.5) is 0 Å². The molecule has 0 fully saturated rings. The van der Waals surface area contributed by atoms with Crippen LogP contribution in [0.5, 0.6) is 0 Å². The van der Waals surface area contributed by atoms with Gasteiger partial charge in [-0.25, -0.2) is 17.4 Å². The fraction of sp³-hybridized carbons (Fsp3) is 0.125. The van der Waals surface area contributed by atoms with E-state index in [1.165, 1.54) is 22.4 Å². The number of rotatable bonds is 5. The van der Waals surface area contributed by atoms with Gasteiger partial charge in [0.1, 0.15) is 4.90 Å². The van der Waals surface area contributed by atoms with Crippen LogP contribution in [0.3, 0.4) is 0 Å². The molecule has 23 heavy (non-hydrogen) atoms. The van der Waals surface area contributed by atoms with Crippen molar-refractivity contribution in [2.45, 2.75) is 11.4 Å². The maximum Gasteiger partial charge on any atom is 0.270 e. The Hall–Kier alpha value is -2.51. The fourth-order valence-electron chi connectivity index (χ4n) is 2.25. The first-order chi connectivity index (χ1) is 11.1. The lowest BCUT2D eigenvalue weighted by Gasteiger charge is -2.08. The first-order valence-corrected chi connectivity index (χ1v) is 8.51. The molecule has 0 radical (unpaired) electrons. The number of aromatic nitrogens is 3. The van der Waals surface area contributed by atoms with Crippen molar-refractivity contribution < 1.29 is 8.42 Å². The van der Waals surface area contributed by atoms with Gasteiger partial charge < -0.3 is 5.32 Å². The van der Waals surface area contributed by atoms with Crippen molar-refractivity contribution in [2.24, 2.45) is 0 Å². The molecule has 2 heterocycles. The zero-order chi connectivity index (χ0) is 16.3. The Morgan fingerprint density at radius 3 is 2.57 bits per heavy atom. The number of imidazole rings is 1. The minimum atomic E-state index is -3.75. The molecule has 2 aromatic heterocycles. The van der Waals surface area contributed by atoms with E-state index in [0.717, 1.165) is 5.56 Å². The fourth-order valence-corrected chi connectivity index (χ4v) is 3.56. The summed E-state index contributed by atoms with van der Waals surface area (Å²) in [6.45, 7) is 0.482. The van der Waals surface area contributed by atoms with Crippen LogP contribution in [0.2, 0.25) is 0 Å². The molecule has 3 rings (SSSR count). The molecule has 0 unspecified atom stereocenters. The molecule has 7 heteroatoms. The third kappa shape index (κ3) is 3.01. The predicted molar refractivity (Wildman–Crippen MR) is 87.2 cm³/mol. The van der Waals surface area contributed by atoms with Crippen LogP contribution < -0.4 is 5.32 Å². The van der Waals surface area contributed by atoms with Gasteiger partial charge in [-0.2, -0.15) is 0 Å². The summed E-state index contributed by atoms with van der Waals surface area (Å²) in [6, 6.07) is 12.4. The van der Waals surface area contributed by atoms with Crippen molar-refractivity contribution in [3.05, 3.63) is 66.7 Å². The van der Waals surface area contributed by atoms with Crippen molar-refractivity contribution in [3.8, 4) is 11.4 Å². The highest BCUT2D eigenvalue weighted by atomic mass is 32.2. The first-order valence-electron chi connectivity index (χ1n) is 7.07. The normalized spacial score (nSPS) is 11.5. The second-order valence-electron chi connectivity index (χ2n) is 4.94. The summed E-state index contributed by atoms with van der Waals surface area (Å²) in [6.07, 6.45) is 4.42. The van der Waals surface area contributed by atoms with Crippen molar-refractivity contribution in [2.75, 3.05) is 7.05 Å². The van der Waals surface area contributed by atoms with Gasteiger partial charge in [-0.1, -0.05) is 30.3 Å². The lowest BCUT2D eigenvalue weighted by Crippen LogP contribution is -2.13. The number of nitrogens with zero attached hydrogens (tertiary/aromatic N) is 3. The van der Waals surface area contributed by atoms with Crippen molar-refractivity contribution in [1.29, 1.82) is 0 Å². The molecular formula is C16H16N4O2S. The number of hydrogen-bond acceptors (Lipinski definition) is 5. The number of benzene rings is 1. The van der Waals surface area contributed by atoms with Crippen molar-refractivity contribution in [3.63, 3.8) is 0 Å². The highest BCUT2D eigenvalue weighted by Crippen LogP contribution is 2.23. The van der Waals surface area contributed by atoms with E-state index < -0.39 is 10.0 Å². The van der Waals surface area contributed by atoms with Crippen LogP contribution in [-0.2, 0) is 16.6 Å². The molecular weight excluding hydrogens is 312 g/mol. The Bertz CT molecular complexity index is 890. The minimum Gasteiger partial charge on any atom is -0.314 e. The van der Waals surface area contributed by atoms with Crippen LogP contribution in [-0.4, -0.2) is 29.4 Å². The molecule has 0 bridgehead atoms. The summed E-state index contributed by atoms with van der Waals surface area (Å²) in [5.41, 5.74) is 1.39. The van der Waals surface area contributed by atoms with Gasteiger partial charge in [0, 0.05) is 30.7 Å². The van der Waals surface area contributed by atoms with Gasteiger partial charge in [0.05, 0.1) is 5.69 Å². The molecule has 0 aliphatic rings. The Morgan fingerprint density at radius 2 is 1.91 bits per heavy atom. The standard InChI is InChI=1S/C16H16N4O2S/c1-17-10-14-12-20(16(19-14)13-6-3-2-4-7-13)23(21,22)15-8-5-9-18-11-15/h2-9,11-12,17H,10H2,1H3. The van der Waals surface area contributed by atoms with E-state index in [0.29, 0.717) is 18.1 Å². The van der Waals surface area contributed by atoms with Gasteiger partial charge in [-0.3, -0.25) is 4.98 Å². The lowest BCUT2D eigenvalue weighted by atomic mass is 10.2. The maximum absolute atomic E-state index is 12.9. The molecule has 0 saturated heterocycles. The minimum absolute atomic E-state index is 0.130. The van der Waals surface area contributed by atoms with Crippen LogP contribution in [0.25, 0.3) is 11.4 Å². The monoisotopic (exact) mass is 328 g/mol. The molecule has 118 valence electrons. The Morgan fingerprint density at radius 1 is 1.13 bits per heavy atom. The Labute approximate surface area is 134 Å². The highest BCUT2D eigenvalue weighted by molar-refractivity contribution is 7.90. The highest BCUT2D eigenvalue weighted by Gasteiger charge is 2.23. The number of nitrogens with one attached hydrogen (secondary N) is 1. The van der Waals surface area contributed by atoms with Crippen molar-refractivity contribution in [1.82, 2.24) is 19.3 Å². The van der Waals surface area contributed by atoms with Crippen LogP contribution in [0.1, 0.15) is 5.69 Å². The van der Waals surface area contributed by atoms with E-state index in [1.54, 1.807) is 19.3 Å². The van der Waals surface area contributed by atoms with E-state index >= 15 is 0 Å². The molecule has 0 spiro atoms. The van der Waals surface area contributed by atoms with E-state index in [9.17, 15) is 8.42 Å². The summed E-state index contributed by atoms with van der Waals surface area (Å²) in [7, 11) is -1.96. The molecule has 0 aliphatic heterocycles. The Kier molecular flexibility index (Phi) is 4.22. The van der Waals surface area contributed by atoms with Crippen molar-refractivity contribution >= 4 is 10.0 Å². The smallest absolute Gasteiger partial charge is 0.270 e. The molecule has 0 aliphatic carbocycles. The van der Waals surface area contributed by atoms with E-state index in [-0.39, 0.29) is 4.90 Å². The van der Waals surface area contributed by atoms with Crippen LogP contribution >= 0.6 is 0 Å². The van der Waals surface area contributed by atoms with Gasteiger partial charge >= 0.3 is 0 Å². The van der Waals surface area contributed by atoms with Crippen LogP contribution in [0.15, 0.2) is 66.0 Å². The second-order valence-corrected chi connectivity index (χ2v) is 6.76. The largest absolute Gasteiger partial charge is 0.314 e. The zero-order valence-corrected chi connectivity index (χ0v) is 13.4. The molecule has 0 amide bonds. The van der Waals surface area contributed by atoms with Gasteiger partial charge in [0.25, 0.3) is 10.0 Å². The van der Waals surface area contributed by atoms with E-state index in [4.69, 9.17) is 0 Å². The quantitative estimate of drug-likeness (QED) is 0.774. The third-order valence-electron chi connectivity index (χ3n) is 3.31. The first kappa shape index (κ1) is 15.4. The van der Waals surface area contributed by atoms with Gasteiger partial charge in [0.2, 0.25) is 0 Å². The molecule has 6 nitrogen and oxygen atoms in total. The summed E-state index contributed by atoms with van der Waals surface area (Å²) < 4.78 is 27.0. The molecule has 1 N–H and O–H groups in total. The topological polar surface area (TPSA) is 76.9 Å². The SMILES string of the molecule is CNCc1cn(S(=O)(=O)c2cccnc2)c(-c2ccccc2)n1.